The van der Waals surface area contributed by atoms with Gasteiger partial charge in [0.1, 0.15) is 5.75 Å². The molecule has 0 heterocycles. The molecule has 1 amide bonds. The average molecular weight is 419 g/mol. The molecule has 0 fully saturated rings. The number of aryl methyl sites for hydroxylation is 1. The van der Waals surface area contributed by atoms with Gasteiger partial charge in [-0.1, -0.05) is 25.1 Å². The van der Waals surface area contributed by atoms with Crippen LogP contribution in [0.4, 0.5) is 11.4 Å². The number of benzene rings is 2. The van der Waals surface area contributed by atoms with Gasteiger partial charge in [-0.15, -0.1) is 0 Å². The second kappa shape index (κ2) is 10.3. The van der Waals surface area contributed by atoms with Crippen LogP contribution in [-0.2, 0) is 21.2 Å². The first-order valence-corrected chi connectivity index (χ1v) is 11.7. The largest absolute Gasteiger partial charge is 0.491 e. The first-order valence-electron chi connectivity index (χ1n) is 9.82. The summed E-state index contributed by atoms with van der Waals surface area (Å²) in [7, 11) is -3.43. The third kappa shape index (κ3) is 7.42. The maximum atomic E-state index is 12.3. The molecule has 0 saturated carbocycles. The molecular weight excluding hydrogens is 388 g/mol. The third-order valence-electron chi connectivity index (χ3n) is 4.29. The summed E-state index contributed by atoms with van der Waals surface area (Å²) in [6.45, 7) is 6.17. The molecule has 0 unspecified atom stereocenters. The van der Waals surface area contributed by atoms with Crippen molar-refractivity contribution in [1.82, 2.24) is 0 Å². The summed E-state index contributed by atoms with van der Waals surface area (Å²) in [4.78, 5) is 12.3. The number of anilines is 2. The van der Waals surface area contributed by atoms with E-state index in [0.29, 0.717) is 23.5 Å². The Hall–Kier alpha value is -2.54. The monoisotopic (exact) mass is 418 g/mol. The second-order valence-corrected chi connectivity index (χ2v) is 9.11. The predicted octanol–water partition coefficient (Wildman–Crippen LogP) is 4.22. The first kappa shape index (κ1) is 22.7. The lowest BCUT2D eigenvalue weighted by atomic mass is 10.1. The Bertz CT molecular complexity index is 909. The molecule has 7 heteroatoms. The summed E-state index contributed by atoms with van der Waals surface area (Å²) in [6, 6.07) is 14.7. The van der Waals surface area contributed by atoms with Crippen LogP contribution in [-0.4, -0.2) is 33.2 Å². The van der Waals surface area contributed by atoms with Gasteiger partial charge in [-0.3, -0.25) is 9.10 Å². The van der Waals surface area contributed by atoms with Gasteiger partial charge in [-0.25, -0.2) is 8.42 Å². The van der Waals surface area contributed by atoms with E-state index in [2.05, 4.69) is 5.32 Å². The zero-order chi connectivity index (χ0) is 21.4. The fourth-order valence-electron chi connectivity index (χ4n) is 2.91. The summed E-state index contributed by atoms with van der Waals surface area (Å²) in [5.74, 6) is 0.526. The smallest absolute Gasteiger partial charge is 0.232 e. The molecule has 6 nitrogen and oxygen atoms in total. The molecule has 0 spiro atoms. The molecule has 0 aliphatic rings. The van der Waals surface area contributed by atoms with Crippen molar-refractivity contribution in [3.63, 3.8) is 0 Å². The molecule has 0 atom stereocenters. The van der Waals surface area contributed by atoms with E-state index in [0.717, 1.165) is 12.0 Å². The van der Waals surface area contributed by atoms with E-state index >= 15 is 0 Å². The molecule has 2 aromatic rings. The van der Waals surface area contributed by atoms with Crippen LogP contribution >= 0.6 is 0 Å². The van der Waals surface area contributed by atoms with Crippen LogP contribution in [0.2, 0.25) is 0 Å². The van der Waals surface area contributed by atoms with Crippen molar-refractivity contribution >= 4 is 27.3 Å². The molecule has 2 rings (SSSR count). The number of nitrogens with zero attached hydrogens (tertiary/aromatic N) is 1. The normalized spacial score (nSPS) is 11.3. The summed E-state index contributed by atoms with van der Waals surface area (Å²) >= 11 is 0. The SMILES string of the molecule is CCc1ccc(N(CCCC(=O)Nc2cccc(OC(C)C)c2)S(C)(=O)=O)cc1. The quantitative estimate of drug-likeness (QED) is 0.627. The highest BCUT2D eigenvalue weighted by atomic mass is 32.2. The van der Waals surface area contributed by atoms with Crippen LogP contribution in [0.25, 0.3) is 0 Å². The minimum Gasteiger partial charge on any atom is -0.491 e. The van der Waals surface area contributed by atoms with Crippen LogP contribution < -0.4 is 14.4 Å². The van der Waals surface area contributed by atoms with Crippen LogP contribution in [0.5, 0.6) is 5.75 Å². The highest BCUT2D eigenvalue weighted by Crippen LogP contribution is 2.21. The minimum absolute atomic E-state index is 0.0503. The molecule has 0 radical (unpaired) electrons. The highest BCUT2D eigenvalue weighted by Gasteiger charge is 2.17. The maximum absolute atomic E-state index is 12.3. The Morgan fingerprint density at radius 3 is 2.41 bits per heavy atom. The maximum Gasteiger partial charge on any atom is 0.232 e. The summed E-state index contributed by atoms with van der Waals surface area (Å²) in [5, 5.41) is 2.84. The number of hydrogen-bond donors (Lipinski definition) is 1. The molecule has 0 saturated heterocycles. The van der Waals surface area contributed by atoms with E-state index in [9.17, 15) is 13.2 Å². The third-order valence-corrected chi connectivity index (χ3v) is 5.48. The van der Waals surface area contributed by atoms with Crippen molar-refractivity contribution in [3.05, 3.63) is 54.1 Å². The molecule has 2 aromatic carbocycles. The number of ether oxygens (including phenoxy) is 1. The number of amides is 1. The van der Waals surface area contributed by atoms with Gasteiger partial charge in [-0.05, 0) is 56.5 Å². The van der Waals surface area contributed by atoms with Gasteiger partial charge in [0.2, 0.25) is 15.9 Å². The number of sulfonamides is 1. The fraction of sp³-hybridized carbons (Fsp3) is 0.409. The van der Waals surface area contributed by atoms with Crippen LogP contribution in [0.1, 0.15) is 39.2 Å². The van der Waals surface area contributed by atoms with E-state index < -0.39 is 10.0 Å². The van der Waals surface area contributed by atoms with Crippen molar-refractivity contribution in [2.45, 2.75) is 46.1 Å². The zero-order valence-electron chi connectivity index (χ0n) is 17.5. The average Bonchev–Trinajstić information content (AvgIpc) is 2.64. The Kier molecular flexibility index (Phi) is 8.08. The number of carbonyl (C=O) groups excluding carboxylic acids is 1. The van der Waals surface area contributed by atoms with Crippen molar-refractivity contribution in [2.75, 3.05) is 22.4 Å². The van der Waals surface area contributed by atoms with Gasteiger partial charge in [0.25, 0.3) is 0 Å². The number of carbonyl (C=O) groups is 1. The number of nitrogens with one attached hydrogen (secondary N) is 1. The number of rotatable bonds is 10. The van der Waals surface area contributed by atoms with Gasteiger partial charge in [0.05, 0.1) is 18.0 Å². The first-order chi connectivity index (χ1) is 13.7. The minimum atomic E-state index is -3.43. The van der Waals surface area contributed by atoms with Gasteiger partial charge >= 0.3 is 0 Å². The molecule has 0 aliphatic carbocycles. The van der Waals surface area contributed by atoms with Gasteiger partial charge in [0, 0.05) is 24.7 Å². The predicted molar refractivity (Wildman–Crippen MR) is 118 cm³/mol. The molecular formula is C22H30N2O4S. The number of hydrogen-bond acceptors (Lipinski definition) is 4. The van der Waals surface area contributed by atoms with E-state index in [1.807, 2.05) is 45.0 Å². The van der Waals surface area contributed by atoms with Crippen molar-refractivity contribution in [3.8, 4) is 5.75 Å². The lowest BCUT2D eigenvalue weighted by molar-refractivity contribution is -0.116. The van der Waals surface area contributed by atoms with E-state index in [4.69, 9.17) is 4.74 Å². The van der Waals surface area contributed by atoms with Crippen molar-refractivity contribution in [1.29, 1.82) is 0 Å². The Balaban J connectivity index is 1.94. The van der Waals surface area contributed by atoms with Crippen molar-refractivity contribution in [2.24, 2.45) is 0 Å². The summed E-state index contributed by atoms with van der Waals surface area (Å²) in [6.07, 6.45) is 2.75. The fourth-order valence-corrected chi connectivity index (χ4v) is 3.88. The Morgan fingerprint density at radius 2 is 1.83 bits per heavy atom. The van der Waals surface area contributed by atoms with Gasteiger partial charge in [0.15, 0.2) is 0 Å². The molecule has 1 N–H and O–H groups in total. The summed E-state index contributed by atoms with van der Waals surface area (Å²) < 4.78 is 31.4. The van der Waals surface area contributed by atoms with Gasteiger partial charge < -0.3 is 10.1 Å². The second-order valence-electron chi connectivity index (χ2n) is 7.20. The van der Waals surface area contributed by atoms with Crippen LogP contribution in [0.3, 0.4) is 0 Å². The molecule has 0 bridgehead atoms. The molecule has 158 valence electrons. The highest BCUT2D eigenvalue weighted by molar-refractivity contribution is 7.92. The van der Waals surface area contributed by atoms with Crippen molar-refractivity contribution < 1.29 is 17.9 Å². The zero-order valence-corrected chi connectivity index (χ0v) is 18.3. The Morgan fingerprint density at radius 1 is 1.14 bits per heavy atom. The van der Waals surface area contributed by atoms with E-state index in [-0.39, 0.29) is 25.0 Å². The van der Waals surface area contributed by atoms with Crippen LogP contribution in [0, 0.1) is 0 Å². The van der Waals surface area contributed by atoms with Crippen LogP contribution in [0.15, 0.2) is 48.5 Å². The summed E-state index contributed by atoms with van der Waals surface area (Å²) in [5.41, 5.74) is 2.41. The Labute approximate surface area is 173 Å². The molecule has 0 aliphatic heterocycles. The lowest BCUT2D eigenvalue weighted by Gasteiger charge is -2.22. The standard InChI is InChI=1S/C22H30N2O4S/c1-5-18-11-13-20(14-12-18)24(29(4,26)27)15-7-10-22(25)23-19-8-6-9-21(16-19)28-17(2)3/h6,8-9,11-14,16-17H,5,7,10,15H2,1-4H3,(H,23,25). The molecule has 0 aromatic heterocycles. The topological polar surface area (TPSA) is 75.7 Å². The lowest BCUT2D eigenvalue weighted by Crippen LogP contribution is -2.31. The molecule has 29 heavy (non-hydrogen) atoms. The van der Waals surface area contributed by atoms with E-state index in [1.54, 1.807) is 24.3 Å². The van der Waals surface area contributed by atoms with E-state index in [1.165, 1.54) is 10.6 Å². The van der Waals surface area contributed by atoms with Gasteiger partial charge in [-0.2, -0.15) is 0 Å².